The molecule has 0 spiro atoms. The SMILES string of the molecule is COC1CC2CN(S(=O)(=O)CC3CC3)Cc3cccnc3N2C1. The van der Waals surface area contributed by atoms with E-state index < -0.39 is 10.0 Å². The van der Waals surface area contributed by atoms with Crippen LogP contribution in [-0.2, 0) is 21.3 Å². The van der Waals surface area contributed by atoms with Gasteiger partial charge in [0.15, 0.2) is 0 Å². The fourth-order valence-corrected chi connectivity index (χ4v) is 5.55. The summed E-state index contributed by atoms with van der Waals surface area (Å²) < 4.78 is 32.8. The lowest BCUT2D eigenvalue weighted by atomic mass is 10.2. The number of fused-ring (bicyclic) bond motifs is 3. The number of pyridine rings is 1. The average molecular weight is 337 g/mol. The molecular formula is C16H23N3O3S. The number of methoxy groups -OCH3 is 1. The van der Waals surface area contributed by atoms with Crippen LogP contribution < -0.4 is 4.90 Å². The number of hydrogen-bond donors (Lipinski definition) is 0. The van der Waals surface area contributed by atoms with Gasteiger partial charge in [-0.1, -0.05) is 6.07 Å². The Morgan fingerprint density at radius 1 is 1.35 bits per heavy atom. The molecule has 1 aromatic heterocycles. The van der Waals surface area contributed by atoms with Crippen molar-refractivity contribution in [1.29, 1.82) is 0 Å². The molecule has 2 unspecified atom stereocenters. The molecule has 1 saturated carbocycles. The summed E-state index contributed by atoms with van der Waals surface area (Å²) in [6.45, 7) is 1.75. The van der Waals surface area contributed by atoms with Crippen molar-refractivity contribution in [2.24, 2.45) is 5.92 Å². The van der Waals surface area contributed by atoms with Crippen molar-refractivity contribution in [1.82, 2.24) is 9.29 Å². The van der Waals surface area contributed by atoms with Gasteiger partial charge in [0.1, 0.15) is 5.82 Å². The standard InChI is InChI=1S/C16H23N3O3S/c1-22-15-7-14-9-18(23(20,21)11-12-4-5-12)8-13-3-2-6-17-16(13)19(14)10-15/h2-3,6,12,14-15H,4-5,7-11H2,1H3. The van der Waals surface area contributed by atoms with Crippen LogP contribution >= 0.6 is 0 Å². The van der Waals surface area contributed by atoms with Crippen LogP contribution in [0.2, 0.25) is 0 Å². The number of hydrogen-bond acceptors (Lipinski definition) is 5. The van der Waals surface area contributed by atoms with Gasteiger partial charge in [-0.3, -0.25) is 0 Å². The van der Waals surface area contributed by atoms with Gasteiger partial charge in [0.05, 0.1) is 11.9 Å². The first-order chi connectivity index (χ1) is 11.1. The molecule has 0 aromatic carbocycles. The van der Waals surface area contributed by atoms with E-state index >= 15 is 0 Å². The fraction of sp³-hybridized carbons (Fsp3) is 0.688. The van der Waals surface area contributed by atoms with Gasteiger partial charge in [0, 0.05) is 44.5 Å². The van der Waals surface area contributed by atoms with Crippen LogP contribution in [0.25, 0.3) is 0 Å². The third kappa shape index (κ3) is 2.97. The molecule has 0 amide bonds. The van der Waals surface area contributed by atoms with Crippen molar-refractivity contribution in [2.75, 3.05) is 30.9 Å². The molecule has 1 aromatic rings. The smallest absolute Gasteiger partial charge is 0.214 e. The molecule has 126 valence electrons. The van der Waals surface area contributed by atoms with Crippen LogP contribution in [0.5, 0.6) is 0 Å². The molecule has 0 bridgehead atoms. The molecule has 2 atom stereocenters. The van der Waals surface area contributed by atoms with Crippen molar-refractivity contribution in [3.63, 3.8) is 0 Å². The molecule has 2 fully saturated rings. The van der Waals surface area contributed by atoms with Gasteiger partial charge in [-0.05, 0) is 31.2 Å². The first-order valence-electron chi connectivity index (χ1n) is 8.28. The van der Waals surface area contributed by atoms with Gasteiger partial charge >= 0.3 is 0 Å². The van der Waals surface area contributed by atoms with Gasteiger partial charge < -0.3 is 9.64 Å². The third-order valence-electron chi connectivity index (χ3n) is 5.15. The molecule has 0 N–H and O–H groups in total. The minimum Gasteiger partial charge on any atom is -0.380 e. The zero-order valence-corrected chi connectivity index (χ0v) is 14.2. The van der Waals surface area contributed by atoms with Gasteiger partial charge in [0.2, 0.25) is 10.0 Å². The van der Waals surface area contributed by atoms with Gasteiger partial charge in [-0.15, -0.1) is 0 Å². The average Bonchev–Trinajstić information content (AvgIpc) is 3.26. The molecule has 4 rings (SSSR count). The molecule has 3 heterocycles. The zero-order valence-electron chi connectivity index (χ0n) is 13.4. The van der Waals surface area contributed by atoms with E-state index in [4.69, 9.17) is 4.74 Å². The van der Waals surface area contributed by atoms with Crippen molar-refractivity contribution in [3.8, 4) is 0 Å². The zero-order chi connectivity index (χ0) is 16.0. The maximum absolute atomic E-state index is 12.8. The Morgan fingerprint density at radius 3 is 2.91 bits per heavy atom. The first-order valence-corrected chi connectivity index (χ1v) is 9.89. The summed E-state index contributed by atoms with van der Waals surface area (Å²) in [5, 5.41) is 0. The van der Waals surface area contributed by atoms with E-state index in [0.29, 0.717) is 24.8 Å². The molecule has 1 aliphatic carbocycles. The Bertz CT molecular complexity index is 690. The van der Waals surface area contributed by atoms with Crippen LogP contribution in [0.4, 0.5) is 5.82 Å². The highest BCUT2D eigenvalue weighted by molar-refractivity contribution is 7.89. The second-order valence-electron chi connectivity index (χ2n) is 6.90. The van der Waals surface area contributed by atoms with E-state index in [-0.39, 0.29) is 12.1 Å². The normalized spacial score (nSPS) is 28.3. The lowest BCUT2D eigenvalue weighted by Gasteiger charge is -2.26. The van der Waals surface area contributed by atoms with Gasteiger partial charge in [0.25, 0.3) is 0 Å². The largest absolute Gasteiger partial charge is 0.380 e. The minimum atomic E-state index is -3.21. The molecule has 0 radical (unpaired) electrons. The summed E-state index contributed by atoms with van der Waals surface area (Å²) in [4.78, 5) is 6.76. The molecule has 1 saturated heterocycles. The van der Waals surface area contributed by atoms with E-state index in [1.54, 1.807) is 17.6 Å². The van der Waals surface area contributed by atoms with Gasteiger partial charge in [-0.25, -0.2) is 13.4 Å². The van der Waals surface area contributed by atoms with Crippen LogP contribution in [0.15, 0.2) is 18.3 Å². The molecule has 6 nitrogen and oxygen atoms in total. The second-order valence-corrected chi connectivity index (χ2v) is 8.91. The minimum absolute atomic E-state index is 0.140. The highest BCUT2D eigenvalue weighted by Crippen LogP contribution is 2.35. The maximum atomic E-state index is 12.8. The van der Waals surface area contributed by atoms with Crippen molar-refractivity contribution in [2.45, 2.75) is 38.0 Å². The van der Waals surface area contributed by atoms with Crippen molar-refractivity contribution in [3.05, 3.63) is 23.9 Å². The molecule has 3 aliphatic rings. The van der Waals surface area contributed by atoms with E-state index in [1.807, 2.05) is 12.1 Å². The van der Waals surface area contributed by atoms with Crippen LogP contribution in [-0.4, -0.2) is 55.8 Å². The van der Waals surface area contributed by atoms with Crippen molar-refractivity contribution < 1.29 is 13.2 Å². The first kappa shape index (κ1) is 15.4. The lowest BCUT2D eigenvalue weighted by molar-refractivity contribution is 0.117. The summed E-state index contributed by atoms with van der Waals surface area (Å²) in [6.07, 6.45) is 4.87. The monoisotopic (exact) mass is 337 g/mol. The Balaban J connectivity index is 1.67. The molecule has 7 heteroatoms. The topological polar surface area (TPSA) is 62.7 Å². The second kappa shape index (κ2) is 5.72. The predicted molar refractivity (Wildman–Crippen MR) is 87.7 cm³/mol. The number of sulfonamides is 1. The summed E-state index contributed by atoms with van der Waals surface area (Å²) >= 11 is 0. The third-order valence-corrected chi connectivity index (χ3v) is 7.10. The highest BCUT2D eigenvalue weighted by atomic mass is 32.2. The predicted octanol–water partition coefficient (Wildman–Crippen LogP) is 1.23. The van der Waals surface area contributed by atoms with Crippen molar-refractivity contribution >= 4 is 15.8 Å². The Morgan fingerprint density at radius 2 is 2.17 bits per heavy atom. The summed E-state index contributed by atoms with van der Waals surface area (Å²) in [5.74, 6) is 1.58. The number of anilines is 1. The maximum Gasteiger partial charge on any atom is 0.214 e. The van der Waals surface area contributed by atoms with E-state index in [0.717, 1.165) is 37.2 Å². The number of aromatic nitrogens is 1. The molecular weight excluding hydrogens is 314 g/mol. The number of nitrogens with zero attached hydrogens (tertiary/aromatic N) is 3. The highest BCUT2D eigenvalue weighted by Gasteiger charge is 2.41. The summed E-state index contributed by atoms with van der Waals surface area (Å²) in [6, 6.07) is 4.02. The van der Waals surface area contributed by atoms with E-state index in [9.17, 15) is 8.42 Å². The summed E-state index contributed by atoms with van der Waals surface area (Å²) in [5.41, 5.74) is 0.992. The Labute approximate surface area is 137 Å². The molecule has 23 heavy (non-hydrogen) atoms. The van der Waals surface area contributed by atoms with E-state index in [1.165, 1.54) is 0 Å². The van der Waals surface area contributed by atoms with Crippen LogP contribution in [0.1, 0.15) is 24.8 Å². The van der Waals surface area contributed by atoms with Crippen LogP contribution in [0, 0.1) is 5.92 Å². The number of ether oxygens (including phenoxy) is 1. The Hall–Kier alpha value is -1.18. The quantitative estimate of drug-likeness (QED) is 0.827. The lowest BCUT2D eigenvalue weighted by Crippen LogP contribution is -2.41. The number of rotatable bonds is 4. The Kier molecular flexibility index (Phi) is 3.82. The van der Waals surface area contributed by atoms with E-state index in [2.05, 4.69) is 9.88 Å². The summed E-state index contributed by atoms with van der Waals surface area (Å²) in [7, 11) is -1.49. The van der Waals surface area contributed by atoms with Crippen LogP contribution in [0.3, 0.4) is 0 Å². The van der Waals surface area contributed by atoms with Gasteiger partial charge in [-0.2, -0.15) is 4.31 Å². The molecule has 2 aliphatic heterocycles. The fourth-order valence-electron chi connectivity index (χ4n) is 3.68.